The highest BCUT2D eigenvalue weighted by Gasteiger charge is 2.04. The highest BCUT2D eigenvalue weighted by atomic mass is 32.1. The summed E-state index contributed by atoms with van der Waals surface area (Å²) in [6.45, 7) is 1.65. The van der Waals surface area contributed by atoms with Crippen LogP contribution in [-0.2, 0) is 13.0 Å². The maximum atomic E-state index is 5.37. The highest BCUT2D eigenvalue weighted by molar-refractivity contribution is 7.07. The van der Waals surface area contributed by atoms with Crippen molar-refractivity contribution in [1.82, 2.24) is 15.3 Å². The number of para-hydroxylation sites is 1. The van der Waals surface area contributed by atoms with Crippen LogP contribution in [0, 0.1) is 0 Å². The number of ether oxygens (including phenoxy) is 1. The molecule has 3 rings (SSSR count). The Morgan fingerprint density at radius 2 is 2.14 bits per heavy atom. The largest absolute Gasteiger partial charge is 0.494 e. The fraction of sp³-hybridized carbons (Fsp3) is 0.250. The van der Waals surface area contributed by atoms with Crippen LogP contribution in [0.5, 0.6) is 5.75 Å². The molecule has 1 N–H and O–H groups in total. The zero-order valence-electron chi connectivity index (χ0n) is 11.9. The van der Waals surface area contributed by atoms with Gasteiger partial charge in [-0.2, -0.15) is 0 Å². The van der Waals surface area contributed by atoms with E-state index in [1.165, 1.54) is 0 Å². The van der Waals surface area contributed by atoms with Gasteiger partial charge in [0.25, 0.3) is 0 Å². The van der Waals surface area contributed by atoms with Crippen molar-refractivity contribution in [3.63, 3.8) is 0 Å². The lowest BCUT2D eigenvalue weighted by Crippen LogP contribution is -2.17. The minimum atomic E-state index is 0.748. The summed E-state index contributed by atoms with van der Waals surface area (Å²) < 4.78 is 5.37. The first-order valence-electron chi connectivity index (χ1n) is 6.87. The summed E-state index contributed by atoms with van der Waals surface area (Å²) in [5.74, 6) is 0.817. The second-order valence-electron chi connectivity index (χ2n) is 4.74. The van der Waals surface area contributed by atoms with Crippen molar-refractivity contribution in [2.24, 2.45) is 0 Å². The smallest absolute Gasteiger partial charge is 0.145 e. The molecule has 0 saturated carbocycles. The van der Waals surface area contributed by atoms with Crippen molar-refractivity contribution in [3.8, 4) is 5.75 Å². The van der Waals surface area contributed by atoms with Crippen LogP contribution in [0.4, 0.5) is 0 Å². The van der Waals surface area contributed by atoms with Gasteiger partial charge in [-0.25, -0.2) is 9.97 Å². The first-order valence-corrected chi connectivity index (χ1v) is 7.81. The van der Waals surface area contributed by atoms with Crippen molar-refractivity contribution >= 4 is 22.2 Å². The molecule has 0 amide bonds. The van der Waals surface area contributed by atoms with Gasteiger partial charge >= 0.3 is 0 Å². The lowest BCUT2D eigenvalue weighted by Gasteiger charge is -2.07. The normalized spacial score (nSPS) is 10.9. The van der Waals surface area contributed by atoms with E-state index in [2.05, 4.69) is 32.8 Å². The molecule has 0 radical (unpaired) electrons. The van der Waals surface area contributed by atoms with Crippen molar-refractivity contribution < 1.29 is 4.74 Å². The maximum Gasteiger partial charge on any atom is 0.145 e. The van der Waals surface area contributed by atoms with E-state index in [0.717, 1.165) is 47.6 Å². The summed E-state index contributed by atoms with van der Waals surface area (Å²) in [5, 5.41) is 6.59. The lowest BCUT2D eigenvalue weighted by molar-refractivity contribution is 0.418. The molecule has 108 valence electrons. The van der Waals surface area contributed by atoms with Gasteiger partial charge < -0.3 is 10.1 Å². The van der Waals surface area contributed by atoms with Gasteiger partial charge in [0.1, 0.15) is 11.3 Å². The molecule has 1 aromatic carbocycles. The number of thiazole rings is 1. The topological polar surface area (TPSA) is 47.0 Å². The number of hydrogen-bond donors (Lipinski definition) is 1. The van der Waals surface area contributed by atoms with Crippen molar-refractivity contribution in [2.75, 3.05) is 13.7 Å². The number of pyridine rings is 1. The van der Waals surface area contributed by atoms with E-state index in [1.54, 1.807) is 18.4 Å². The molecular formula is C16H17N3OS. The zero-order chi connectivity index (χ0) is 14.5. The van der Waals surface area contributed by atoms with Crippen molar-refractivity contribution in [2.45, 2.75) is 13.0 Å². The molecule has 0 fully saturated rings. The van der Waals surface area contributed by atoms with E-state index in [1.807, 2.05) is 23.7 Å². The summed E-state index contributed by atoms with van der Waals surface area (Å²) in [6.07, 6.45) is 0.945. The Hall–Kier alpha value is -1.98. The minimum Gasteiger partial charge on any atom is -0.494 e. The molecule has 0 atom stereocenters. The second kappa shape index (κ2) is 6.65. The summed E-state index contributed by atoms with van der Waals surface area (Å²) >= 11 is 1.63. The van der Waals surface area contributed by atoms with Crippen LogP contribution in [-0.4, -0.2) is 23.6 Å². The SMILES string of the molecule is COc1cccc2ccc(CNCCc3cscn3)nc12. The van der Waals surface area contributed by atoms with Gasteiger partial charge in [0.15, 0.2) is 0 Å². The number of rotatable bonds is 6. The number of aromatic nitrogens is 2. The van der Waals surface area contributed by atoms with Gasteiger partial charge in [-0.1, -0.05) is 18.2 Å². The van der Waals surface area contributed by atoms with Crippen LogP contribution in [0.1, 0.15) is 11.4 Å². The molecule has 0 saturated heterocycles. The molecule has 4 nitrogen and oxygen atoms in total. The fourth-order valence-electron chi connectivity index (χ4n) is 2.22. The monoisotopic (exact) mass is 299 g/mol. The molecule has 0 bridgehead atoms. The van der Waals surface area contributed by atoms with Crippen LogP contribution in [0.15, 0.2) is 41.2 Å². The quantitative estimate of drug-likeness (QED) is 0.711. The Kier molecular flexibility index (Phi) is 4.43. The summed E-state index contributed by atoms with van der Waals surface area (Å²) in [4.78, 5) is 8.95. The van der Waals surface area contributed by atoms with Gasteiger partial charge in [-0.15, -0.1) is 11.3 Å². The van der Waals surface area contributed by atoms with E-state index in [-0.39, 0.29) is 0 Å². The minimum absolute atomic E-state index is 0.748. The second-order valence-corrected chi connectivity index (χ2v) is 5.46. The third-order valence-electron chi connectivity index (χ3n) is 3.31. The van der Waals surface area contributed by atoms with Crippen molar-refractivity contribution in [3.05, 3.63) is 52.6 Å². The first-order chi connectivity index (χ1) is 10.4. The van der Waals surface area contributed by atoms with Gasteiger partial charge in [-0.3, -0.25) is 0 Å². The lowest BCUT2D eigenvalue weighted by atomic mass is 10.2. The Labute approximate surface area is 127 Å². The summed E-state index contributed by atoms with van der Waals surface area (Å²) in [7, 11) is 1.68. The Balaban J connectivity index is 1.64. The average Bonchev–Trinajstić information content (AvgIpc) is 3.04. The van der Waals surface area contributed by atoms with E-state index in [4.69, 9.17) is 4.74 Å². The van der Waals surface area contributed by atoms with Crippen LogP contribution in [0.3, 0.4) is 0 Å². The third-order valence-corrected chi connectivity index (χ3v) is 3.94. The Morgan fingerprint density at radius 1 is 1.19 bits per heavy atom. The number of nitrogens with zero attached hydrogens (tertiary/aromatic N) is 2. The molecule has 0 aliphatic carbocycles. The number of benzene rings is 1. The zero-order valence-corrected chi connectivity index (χ0v) is 12.7. The average molecular weight is 299 g/mol. The van der Waals surface area contributed by atoms with Gasteiger partial charge in [0.05, 0.1) is 24.0 Å². The predicted octanol–water partition coefficient (Wildman–Crippen LogP) is 3.03. The predicted molar refractivity (Wildman–Crippen MR) is 85.8 cm³/mol. The highest BCUT2D eigenvalue weighted by Crippen LogP contribution is 2.23. The molecule has 0 aliphatic rings. The van der Waals surface area contributed by atoms with E-state index in [0.29, 0.717) is 0 Å². The summed E-state index contributed by atoms with van der Waals surface area (Å²) in [5.41, 5.74) is 4.94. The number of methoxy groups -OCH3 is 1. The molecule has 2 aromatic heterocycles. The summed E-state index contributed by atoms with van der Waals surface area (Å²) in [6, 6.07) is 10.1. The number of hydrogen-bond acceptors (Lipinski definition) is 5. The molecule has 21 heavy (non-hydrogen) atoms. The number of nitrogens with one attached hydrogen (secondary N) is 1. The van der Waals surface area contributed by atoms with Gasteiger partial charge in [-0.05, 0) is 12.1 Å². The first kappa shape index (κ1) is 14.0. The van der Waals surface area contributed by atoms with Gasteiger partial charge in [0.2, 0.25) is 0 Å². The Morgan fingerprint density at radius 3 is 2.95 bits per heavy atom. The van der Waals surface area contributed by atoms with E-state index in [9.17, 15) is 0 Å². The molecule has 5 heteroatoms. The molecule has 0 spiro atoms. The standard InChI is InChI=1S/C16H17N3OS/c1-20-15-4-2-3-12-5-6-13(19-16(12)15)9-17-8-7-14-10-21-11-18-14/h2-6,10-11,17H,7-9H2,1H3. The van der Waals surface area contributed by atoms with E-state index >= 15 is 0 Å². The third kappa shape index (κ3) is 3.37. The number of fused-ring (bicyclic) bond motifs is 1. The molecule has 0 unspecified atom stereocenters. The van der Waals surface area contributed by atoms with Crippen LogP contribution in [0.2, 0.25) is 0 Å². The fourth-order valence-corrected chi connectivity index (χ4v) is 2.81. The van der Waals surface area contributed by atoms with E-state index < -0.39 is 0 Å². The van der Waals surface area contributed by atoms with Crippen LogP contribution in [0.25, 0.3) is 10.9 Å². The maximum absolute atomic E-state index is 5.37. The molecule has 2 heterocycles. The van der Waals surface area contributed by atoms with Crippen LogP contribution < -0.4 is 10.1 Å². The van der Waals surface area contributed by atoms with Crippen molar-refractivity contribution in [1.29, 1.82) is 0 Å². The van der Waals surface area contributed by atoms with Crippen LogP contribution >= 0.6 is 11.3 Å². The molecular weight excluding hydrogens is 282 g/mol. The Bertz CT molecular complexity index is 713. The molecule has 0 aliphatic heterocycles. The molecule has 3 aromatic rings. The van der Waals surface area contributed by atoms with Gasteiger partial charge in [0, 0.05) is 30.3 Å².